The molecular weight excluding hydrogens is 489 g/mol. The van der Waals surface area contributed by atoms with Crippen LogP contribution >= 0.6 is 0 Å². The van der Waals surface area contributed by atoms with Gasteiger partial charge in [-0.25, -0.2) is 27.9 Å². The number of ether oxygens (including phenoxy) is 3. The second-order valence-corrected chi connectivity index (χ2v) is 9.71. The van der Waals surface area contributed by atoms with Gasteiger partial charge in [0.1, 0.15) is 41.1 Å². The minimum atomic E-state index is -1.66. The summed E-state index contributed by atoms with van der Waals surface area (Å²) in [6.45, 7) is 5.41. The number of hydrogen-bond acceptors (Lipinski definition) is 7. The molecule has 0 unspecified atom stereocenters. The lowest BCUT2D eigenvalue weighted by molar-refractivity contribution is -0.00970. The van der Waals surface area contributed by atoms with Crippen molar-refractivity contribution in [2.24, 2.45) is 0 Å². The third-order valence-electron chi connectivity index (χ3n) is 5.67. The fraction of sp³-hybridized carbons (Fsp3) is 0.385. The highest BCUT2D eigenvalue weighted by molar-refractivity contribution is 5.76. The van der Waals surface area contributed by atoms with Gasteiger partial charge in [0.25, 0.3) is 0 Å². The molecule has 8 nitrogen and oxygen atoms in total. The second-order valence-electron chi connectivity index (χ2n) is 9.71. The van der Waals surface area contributed by atoms with Crippen molar-refractivity contribution >= 4 is 17.1 Å². The Bertz CT molecular complexity index is 1360. The number of amides is 1. The molecule has 4 rings (SSSR count). The van der Waals surface area contributed by atoms with E-state index >= 15 is 4.39 Å². The van der Waals surface area contributed by atoms with Crippen molar-refractivity contribution in [3.8, 4) is 23.4 Å². The lowest BCUT2D eigenvalue weighted by Crippen LogP contribution is -2.48. The van der Waals surface area contributed by atoms with Crippen molar-refractivity contribution in [2.45, 2.75) is 44.9 Å². The van der Waals surface area contributed by atoms with Gasteiger partial charge in [-0.1, -0.05) is 0 Å². The molecule has 1 aliphatic heterocycles. The van der Waals surface area contributed by atoms with Crippen LogP contribution in [0.3, 0.4) is 0 Å². The maximum Gasteiger partial charge on any atom is 0.410 e. The number of hydrogen-bond donors (Lipinski definition) is 0. The lowest BCUT2D eigenvalue weighted by Gasteiger charge is -2.36. The monoisotopic (exact) mass is 514 g/mol. The van der Waals surface area contributed by atoms with E-state index in [0.717, 1.165) is 12.1 Å². The molecule has 0 saturated carbocycles. The first-order chi connectivity index (χ1) is 17.5. The van der Waals surface area contributed by atoms with Crippen molar-refractivity contribution in [1.29, 1.82) is 5.26 Å². The minimum absolute atomic E-state index is 0.0610. The summed E-state index contributed by atoms with van der Waals surface area (Å²) in [6, 6.07) is 7.74. The van der Waals surface area contributed by atoms with Crippen molar-refractivity contribution < 1.29 is 32.2 Å². The van der Waals surface area contributed by atoms with Crippen LogP contribution in [0.25, 0.3) is 11.0 Å². The predicted octanol–water partition coefficient (Wildman–Crippen LogP) is 5.69. The van der Waals surface area contributed by atoms with Crippen LogP contribution in [0.4, 0.5) is 18.0 Å². The molecule has 0 spiro atoms. The van der Waals surface area contributed by atoms with E-state index in [2.05, 4.69) is 9.97 Å². The number of likely N-dealkylation sites (tertiary alicyclic amines) is 1. The smallest absolute Gasteiger partial charge is 0.410 e. The SMILES string of the molecule is CC(C)(C)OC(=O)N1CCC(F)(COc2cnc3ccc(Oc4c(F)ccc(F)c4C#N)cc3n2)CC1. The van der Waals surface area contributed by atoms with Crippen LogP contribution in [0.1, 0.15) is 39.2 Å². The fourth-order valence-electron chi connectivity index (χ4n) is 3.73. The molecule has 3 aromatic rings. The molecule has 11 heteroatoms. The highest BCUT2D eigenvalue weighted by Gasteiger charge is 2.38. The van der Waals surface area contributed by atoms with E-state index in [-0.39, 0.29) is 44.2 Å². The Morgan fingerprint density at radius 1 is 1.14 bits per heavy atom. The molecule has 0 radical (unpaired) electrons. The van der Waals surface area contributed by atoms with Crippen LogP contribution < -0.4 is 9.47 Å². The number of carbonyl (C=O) groups excluding carboxylic acids is 1. The summed E-state index contributed by atoms with van der Waals surface area (Å²) >= 11 is 0. The van der Waals surface area contributed by atoms with Gasteiger partial charge in [0.2, 0.25) is 5.88 Å². The lowest BCUT2D eigenvalue weighted by atomic mass is 9.94. The van der Waals surface area contributed by atoms with Gasteiger partial charge >= 0.3 is 6.09 Å². The van der Waals surface area contributed by atoms with Crippen LogP contribution in [-0.2, 0) is 4.74 Å². The minimum Gasteiger partial charge on any atom is -0.473 e. The zero-order chi connectivity index (χ0) is 26.8. The highest BCUT2D eigenvalue weighted by atomic mass is 19.1. The molecule has 2 heterocycles. The van der Waals surface area contributed by atoms with E-state index < -0.39 is 40.3 Å². The van der Waals surface area contributed by atoms with Gasteiger partial charge in [0.15, 0.2) is 11.6 Å². The summed E-state index contributed by atoms with van der Waals surface area (Å²) in [7, 11) is 0. The van der Waals surface area contributed by atoms with Crippen LogP contribution in [0.5, 0.6) is 17.4 Å². The fourth-order valence-corrected chi connectivity index (χ4v) is 3.73. The Hall–Kier alpha value is -4.07. The van der Waals surface area contributed by atoms with Gasteiger partial charge < -0.3 is 19.1 Å². The summed E-state index contributed by atoms with van der Waals surface area (Å²) < 4.78 is 59.7. The van der Waals surface area contributed by atoms with Crippen LogP contribution in [0, 0.1) is 23.0 Å². The first kappa shape index (κ1) is 26.0. The topological polar surface area (TPSA) is 97.6 Å². The Morgan fingerprint density at radius 3 is 2.51 bits per heavy atom. The predicted molar refractivity (Wildman–Crippen MR) is 127 cm³/mol. The average Bonchev–Trinajstić information content (AvgIpc) is 2.84. The normalized spacial score (nSPS) is 15.2. The van der Waals surface area contributed by atoms with Crippen LogP contribution in [0.2, 0.25) is 0 Å². The molecular formula is C26H25F3N4O4. The van der Waals surface area contributed by atoms with Gasteiger partial charge in [-0.3, -0.25) is 0 Å². The van der Waals surface area contributed by atoms with Crippen LogP contribution in [-0.4, -0.2) is 51.9 Å². The molecule has 0 aliphatic carbocycles. The molecule has 2 aromatic carbocycles. The summed E-state index contributed by atoms with van der Waals surface area (Å²) in [4.78, 5) is 22.2. The number of nitrogens with zero attached hydrogens (tertiary/aromatic N) is 4. The maximum atomic E-state index is 15.3. The summed E-state index contributed by atoms with van der Waals surface area (Å²) in [5.74, 6) is -2.19. The third-order valence-corrected chi connectivity index (χ3v) is 5.67. The van der Waals surface area contributed by atoms with E-state index in [4.69, 9.17) is 19.5 Å². The zero-order valence-electron chi connectivity index (χ0n) is 20.6. The van der Waals surface area contributed by atoms with E-state index in [9.17, 15) is 13.6 Å². The largest absolute Gasteiger partial charge is 0.473 e. The average molecular weight is 515 g/mol. The quantitative estimate of drug-likeness (QED) is 0.431. The number of rotatable bonds is 5. The molecule has 1 saturated heterocycles. The molecule has 37 heavy (non-hydrogen) atoms. The molecule has 194 valence electrons. The Kier molecular flexibility index (Phi) is 7.12. The molecule has 0 bridgehead atoms. The first-order valence-corrected chi connectivity index (χ1v) is 11.6. The molecule has 0 N–H and O–H groups in total. The Morgan fingerprint density at radius 2 is 1.84 bits per heavy atom. The molecule has 1 fully saturated rings. The highest BCUT2D eigenvalue weighted by Crippen LogP contribution is 2.32. The second kappa shape index (κ2) is 10.1. The maximum absolute atomic E-state index is 15.3. The molecule has 0 atom stereocenters. The molecule has 1 amide bonds. The van der Waals surface area contributed by atoms with Gasteiger partial charge in [-0.15, -0.1) is 0 Å². The number of nitriles is 1. The number of halogens is 3. The van der Waals surface area contributed by atoms with Gasteiger partial charge in [-0.2, -0.15) is 5.26 Å². The summed E-state index contributed by atoms with van der Waals surface area (Å²) in [5.41, 5.74) is -2.09. The van der Waals surface area contributed by atoms with Crippen molar-refractivity contribution in [2.75, 3.05) is 19.7 Å². The van der Waals surface area contributed by atoms with E-state index in [1.165, 1.54) is 23.2 Å². The number of carbonyl (C=O) groups is 1. The van der Waals surface area contributed by atoms with E-state index in [0.29, 0.717) is 11.0 Å². The number of piperidine rings is 1. The van der Waals surface area contributed by atoms with Gasteiger partial charge in [-0.05, 0) is 45.0 Å². The first-order valence-electron chi connectivity index (χ1n) is 11.6. The summed E-state index contributed by atoms with van der Waals surface area (Å²) in [6.07, 6.45) is 1.02. The third kappa shape index (κ3) is 6.20. The van der Waals surface area contributed by atoms with Gasteiger partial charge in [0, 0.05) is 32.0 Å². The zero-order valence-corrected chi connectivity index (χ0v) is 20.6. The number of alkyl halides is 1. The molecule has 1 aromatic heterocycles. The standard InChI is InChI=1S/C26H25F3N4O4/c1-25(2,3)37-24(34)33-10-8-26(29,9-11-33)15-35-22-14-31-20-7-4-16(12-21(20)32-22)36-23-17(13-30)18(27)5-6-19(23)28/h4-7,12,14H,8-11,15H2,1-3H3. The van der Waals surface area contributed by atoms with Crippen molar-refractivity contribution in [3.05, 3.63) is 53.7 Å². The van der Waals surface area contributed by atoms with Crippen molar-refractivity contribution in [3.63, 3.8) is 0 Å². The van der Waals surface area contributed by atoms with E-state index in [1.54, 1.807) is 32.9 Å². The van der Waals surface area contributed by atoms with Gasteiger partial charge in [0.05, 0.1) is 17.2 Å². The Balaban J connectivity index is 1.42. The number of aromatic nitrogens is 2. The number of benzene rings is 2. The van der Waals surface area contributed by atoms with Crippen LogP contribution in [0.15, 0.2) is 36.5 Å². The van der Waals surface area contributed by atoms with Crippen molar-refractivity contribution in [1.82, 2.24) is 14.9 Å². The summed E-state index contributed by atoms with van der Waals surface area (Å²) in [5, 5.41) is 9.15. The molecule has 1 aliphatic rings. The van der Waals surface area contributed by atoms with E-state index in [1.807, 2.05) is 0 Å². The number of fused-ring (bicyclic) bond motifs is 1. The Labute approximate surface area is 211 Å².